The van der Waals surface area contributed by atoms with Crippen molar-refractivity contribution in [1.82, 2.24) is 0 Å². The lowest BCUT2D eigenvalue weighted by molar-refractivity contribution is 0.289. The maximum atomic E-state index is 12.3. The standard InChI is InChI=1S/C21H18BrNO3/c22-17-7-5-15(6-8-17)13-26-21-14-25-18(11-20(21)24)12-23-10-9-16-3-1-2-4-19(16)23/h1-8,11,14H,9-10,12-13H2. The fourth-order valence-electron chi connectivity index (χ4n) is 3.13. The van der Waals surface area contributed by atoms with E-state index in [0.29, 0.717) is 18.9 Å². The van der Waals surface area contributed by atoms with Crippen molar-refractivity contribution in [3.05, 3.63) is 92.4 Å². The number of benzene rings is 2. The topological polar surface area (TPSA) is 42.7 Å². The second-order valence-corrected chi connectivity index (χ2v) is 7.21. The van der Waals surface area contributed by atoms with Crippen molar-refractivity contribution in [2.45, 2.75) is 19.6 Å². The second-order valence-electron chi connectivity index (χ2n) is 6.29. The van der Waals surface area contributed by atoms with Gasteiger partial charge in [-0.15, -0.1) is 0 Å². The highest BCUT2D eigenvalue weighted by Crippen LogP contribution is 2.28. The molecule has 0 spiro atoms. The van der Waals surface area contributed by atoms with Gasteiger partial charge in [0, 0.05) is 22.8 Å². The first-order chi connectivity index (χ1) is 12.7. The average molecular weight is 412 g/mol. The van der Waals surface area contributed by atoms with E-state index in [0.717, 1.165) is 23.0 Å². The Labute approximate surface area is 160 Å². The number of nitrogens with zero attached hydrogens (tertiary/aromatic N) is 1. The molecule has 2 heterocycles. The molecule has 5 heteroatoms. The van der Waals surface area contributed by atoms with Crippen LogP contribution in [0.15, 0.2) is 74.5 Å². The normalized spacial score (nSPS) is 12.9. The first-order valence-electron chi connectivity index (χ1n) is 8.51. The molecule has 26 heavy (non-hydrogen) atoms. The fourth-order valence-corrected chi connectivity index (χ4v) is 3.39. The van der Waals surface area contributed by atoms with E-state index in [1.54, 1.807) is 0 Å². The molecule has 4 nitrogen and oxygen atoms in total. The van der Waals surface area contributed by atoms with E-state index in [-0.39, 0.29) is 11.2 Å². The molecule has 0 fully saturated rings. The van der Waals surface area contributed by atoms with Crippen molar-refractivity contribution in [1.29, 1.82) is 0 Å². The maximum Gasteiger partial charge on any atom is 0.227 e. The van der Waals surface area contributed by atoms with Crippen LogP contribution in [0.4, 0.5) is 5.69 Å². The lowest BCUT2D eigenvalue weighted by atomic mass is 10.2. The molecule has 0 radical (unpaired) electrons. The zero-order valence-corrected chi connectivity index (χ0v) is 15.7. The molecule has 0 aliphatic carbocycles. The highest BCUT2D eigenvalue weighted by molar-refractivity contribution is 9.10. The number of hydrogen-bond acceptors (Lipinski definition) is 4. The van der Waals surface area contributed by atoms with Crippen LogP contribution in [0.3, 0.4) is 0 Å². The third-order valence-electron chi connectivity index (χ3n) is 4.49. The number of fused-ring (bicyclic) bond motifs is 1. The summed E-state index contributed by atoms with van der Waals surface area (Å²) in [5.74, 6) is 0.876. The molecule has 2 aromatic carbocycles. The largest absolute Gasteiger partial charge is 0.482 e. The zero-order valence-electron chi connectivity index (χ0n) is 14.2. The number of halogens is 1. The molecule has 1 aliphatic heterocycles. The minimum Gasteiger partial charge on any atom is -0.482 e. The van der Waals surface area contributed by atoms with Gasteiger partial charge in [0.05, 0.1) is 6.54 Å². The van der Waals surface area contributed by atoms with E-state index in [1.165, 1.54) is 23.6 Å². The van der Waals surface area contributed by atoms with E-state index < -0.39 is 0 Å². The van der Waals surface area contributed by atoms with Crippen molar-refractivity contribution < 1.29 is 9.15 Å². The van der Waals surface area contributed by atoms with Crippen molar-refractivity contribution in [3.63, 3.8) is 0 Å². The molecular formula is C21H18BrNO3. The summed E-state index contributed by atoms with van der Waals surface area (Å²) in [5, 5.41) is 0. The maximum absolute atomic E-state index is 12.3. The van der Waals surface area contributed by atoms with E-state index >= 15 is 0 Å². The van der Waals surface area contributed by atoms with E-state index in [9.17, 15) is 4.79 Å². The van der Waals surface area contributed by atoms with Crippen LogP contribution in [0.1, 0.15) is 16.9 Å². The third-order valence-corrected chi connectivity index (χ3v) is 5.02. The molecule has 0 saturated heterocycles. The Kier molecular flexibility index (Phi) is 4.80. The third kappa shape index (κ3) is 3.68. The molecule has 1 aromatic heterocycles. The number of hydrogen-bond donors (Lipinski definition) is 0. The van der Waals surface area contributed by atoms with Gasteiger partial charge in [-0.1, -0.05) is 46.3 Å². The van der Waals surface area contributed by atoms with Gasteiger partial charge in [-0.3, -0.25) is 4.79 Å². The Bertz CT molecular complexity index is 965. The summed E-state index contributed by atoms with van der Waals surface area (Å²) in [7, 11) is 0. The molecule has 3 aromatic rings. The average Bonchev–Trinajstić information content (AvgIpc) is 3.06. The molecule has 4 rings (SSSR count). The zero-order chi connectivity index (χ0) is 17.9. The van der Waals surface area contributed by atoms with Gasteiger partial charge in [-0.2, -0.15) is 0 Å². The van der Waals surface area contributed by atoms with Crippen LogP contribution in [-0.2, 0) is 19.6 Å². The van der Waals surface area contributed by atoms with Crippen molar-refractivity contribution >= 4 is 21.6 Å². The summed E-state index contributed by atoms with van der Waals surface area (Å²) in [6, 6.07) is 17.6. The van der Waals surface area contributed by atoms with Gasteiger partial charge in [0.15, 0.2) is 0 Å². The van der Waals surface area contributed by atoms with Crippen LogP contribution in [0.25, 0.3) is 0 Å². The Morgan fingerprint density at radius 2 is 1.92 bits per heavy atom. The monoisotopic (exact) mass is 411 g/mol. The second kappa shape index (κ2) is 7.38. The number of anilines is 1. The minimum absolute atomic E-state index is 0.157. The molecule has 0 bridgehead atoms. The SMILES string of the molecule is O=c1cc(CN2CCc3ccccc32)occ1OCc1ccc(Br)cc1. The first kappa shape index (κ1) is 16.9. The van der Waals surface area contributed by atoms with Gasteiger partial charge in [-0.05, 0) is 35.7 Å². The summed E-state index contributed by atoms with van der Waals surface area (Å²) < 4.78 is 12.3. The summed E-state index contributed by atoms with van der Waals surface area (Å²) >= 11 is 3.40. The van der Waals surface area contributed by atoms with Crippen LogP contribution in [0, 0.1) is 0 Å². The molecule has 1 aliphatic rings. The Morgan fingerprint density at radius 1 is 1.12 bits per heavy atom. The predicted octanol–water partition coefficient (Wildman–Crippen LogP) is 4.54. The van der Waals surface area contributed by atoms with E-state index in [4.69, 9.17) is 9.15 Å². The van der Waals surface area contributed by atoms with Gasteiger partial charge in [0.1, 0.15) is 18.6 Å². The number of para-hydroxylation sites is 1. The molecule has 0 amide bonds. The predicted molar refractivity (Wildman–Crippen MR) is 105 cm³/mol. The van der Waals surface area contributed by atoms with Gasteiger partial charge >= 0.3 is 0 Å². The van der Waals surface area contributed by atoms with Crippen LogP contribution in [0.2, 0.25) is 0 Å². The lowest BCUT2D eigenvalue weighted by Gasteiger charge is -2.18. The summed E-state index contributed by atoms with van der Waals surface area (Å²) in [4.78, 5) is 14.6. The minimum atomic E-state index is -0.157. The summed E-state index contributed by atoms with van der Waals surface area (Å²) in [6.45, 7) is 1.85. The highest BCUT2D eigenvalue weighted by atomic mass is 79.9. The smallest absolute Gasteiger partial charge is 0.227 e. The molecule has 0 unspecified atom stereocenters. The lowest BCUT2D eigenvalue weighted by Crippen LogP contribution is -2.20. The molecule has 0 atom stereocenters. The molecule has 0 saturated carbocycles. The van der Waals surface area contributed by atoms with Crippen LogP contribution < -0.4 is 15.1 Å². The van der Waals surface area contributed by atoms with Gasteiger partial charge in [0.2, 0.25) is 11.2 Å². The van der Waals surface area contributed by atoms with Gasteiger partial charge in [-0.25, -0.2) is 0 Å². The Hall–Kier alpha value is -2.53. The van der Waals surface area contributed by atoms with Gasteiger partial charge in [0.25, 0.3) is 0 Å². The molecular weight excluding hydrogens is 394 g/mol. The summed E-state index contributed by atoms with van der Waals surface area (Å²) in [6.07, 6.45) is 2.44. The quantitative estimate of drug-likeness (QED) is 0.617. The first-order valence-corrected chi connectivity index (χ1v) is 9.30. The fraction of sp³-hybridized carbons (Fsp3) is 0.190. The van der Waals surface area contributed by atoms with Crippen LogP contribution >= 0.6 is 15.9 Å². The Morgan fingerprint density at radius 3 is 2.73 bits per heavy atom. The van der Waals surface area contributed by atoms with E-state index in [2.05, 4.69) is 39.0 Å². The summed E-state index contributed by atoms with van der Waals surface area (Å²) in [5.41, 5.74) is 3.39. The van der Waals surface area contributed by atoms with E-state index in [1.807, 2.05) is 30.3 Å². The molecule has 0 N–H and O–H groups in total. The van der Waals surface area contributed by atoms with Crippen LogP contribution in [-0.4, -0.2) is 6.54 Å². The van der Waals surface area contributed by atoms with Gasteiger partial charge < -0.3 is 14.1 Å². The van der Waals surface area contributed by atoms with Crippen LogP contribution in [0.5, 0.6) is 5.75 Å². The number of ether oxygens (including phenoxy) is 1. The number of rotatable bonds is 5. The van der Waals surface area contributed by atoms with Crippen molar-refractivity contribution in [2.24, 2.45) is 0 Å². The highest BCUT2D eigenvalue weighted by Gasteiger charge is 2.19. The van der Waals surface area contributed by atoms with Crippen molar-refractivity contribution in [3.8, 4) is 5.75 Å². The molecule has 132 valence electrons. The van der Waals surface area contributed by atoms with Crippen molar-refractivity contribution in [2.75, 3.05) is 11.4 Å². The Balaban J connectivity index is 1.43.